The number of carbonyl (C=O) groups is 2. The zero-order chi connectivity index (χ0) is 18.0. The van der Waals surface area contributed by atoms with Crippen LogP contribution in [0.1, 0.15) is 47.8 Å². The highest BCUT2D eigenvalue weighted by molar-refractivity contribution is 6.06. The molecule has 2 aromatic rings. The van der Waals surface area contributed by atoms with Gasteiger partial charge in [-0.05, 0) is 44.7 Å². The van der Waals surface area contributed by atoms with Gasteiger partial charge in [-0.2, -0.15) is 0 Å². The number of hydrogen-bond donors (Lipinski definition) is 2. The van der Waals surface area contributed by atoms with E-state index in [1.54, 1.807) is 0 Å². The number of aromatic nitrogens is 1. The fourth-order valence-corrected chi connectivity index (χ4v) is 3.60. The number of para-hydroxylation sites is 1. The van der Waals surface area contributed by atoms with Gasteiger partial charge in [-0.25, -0.2) is 0 Å². The predicted octanol–water partition coefficient (Wildman–Crippen LogP) is 3.16. The summed E-state index contributed by atoms with van der Waals surface area (Å²) in [7, 11) is 0. The van der Waals surface area contributed by atoms with Crippen molar-refractivity contribution in [3.63, 3.8) is 0 Å². The van der Waals surface area contributed by atoms with E-state index in [9.17, 15) is 9.59 Å². The Morgan fingerprint density at radius 2 is 2.12 bits per heavy atom. The van der Waals surface area contributed by atoms with Crippen LogP contribution < -0.4 is 5.32 Å². The molecule has 0 unspecified atom stereocenters. The summed E-state index contributed by atoms with van der Waals surface area (Å²) in [5.74, 6) is -0.0143. The maximum Gasteiger partial charge on any atom is 0.256 e. The number of benzene rings is 1. The number of nitrogens with zero attached hydrogens (tertiary/aromatic N) is 1. The van der Waals surface area contributed by atoms with Gasteiger partial charge in [-0.15, -0.1) is 0 Å². The van der Waals surface area contributed by atoms with E-state index in [1.807, 2.05) is 36.9 Å². The average Bonchev–Trinajstić information content (AvgIpc) is 2.93. The SMILES string of the molecule is CCCNC(=O)[C@H]1CCCN(C(=O)c2cccc3c(C)c(C)[nH]c23)C1. The van der Waals surface area contributed by atoms with Crippen LogP contribution in [0.5, 0.6) is 0 Å². The summed E-state index contributed by atoms with van der Waals surface area (Å²) in [4.78, 5) is 30.5. The first-order chi connectivity index (χ1) is 12.0. The lowest BCUT2D eigenvalue weighted by atomic mass is 9.96. The van der Waals surface area contributed by atoms with Crippen LogP contribution in [0, 0.1) is 19.8 Å². The number of rotatable bonds is 4. The Morgan fingerprint density at radius 3 is 2.88 bits per heavy atom. The molecule has 0 radical (unpaired) electrons. The maximum absolute atomic E-state index is 13.1. The van der Waals surface area contributed by atoms with Crippen LogP contribution in [0.25, 0.3) is 10.9 Å². The minimum atomic E-state index is -0.101. The third kappa shape index (κ3) is 3.41. The molecule has 0 saturated carbocycles. The molecule has 0 spiro atoms. The van der Waals surface area contributed by atoms with Gasteiger partial charge in [-0.1, -0.05) is 19.1 Å². The largest absolute Gasteiger partial charge is 0.358 e. The third-order valence-corrected chi connectivity index (χ3v) is 5.20. The first-order valence-electron chi connectivity index (χ1n) is 9.17. The summed E-state index contributed by atoms with van der Waals surface area (Å²) in [5.41, 5.74) is 3.87. The van der Waals surface area contributed by atoms with E-state index in [1.165, 1.54) is 5.56 Å². The minimum absolute atomic E-state index is 0.0137. The number of hydrogen-bond acceptors (Lipinski definition) is 2. The Labute approximate surface area is 148 Å². The van der Waals surface area contributed by atoms with Gasteiger partial charge in [0.25, 0.3) is 5.91 Å². The second-order valence-electron chi connectivity index (χ2n) is 6.98. The van der Waals surface area contributed by atoms with Crippen LogP contribution in [0.2, 0.25) is 0 Å². The predicted molar refractivity (Wildman–Crippen MR) is 99.7 cm³/mol. The molecule has 1 fully saturated rings. The van der Waals surface area contributed by atoms with E-state index in [-0.39, 0.29) is 17.7 Å². The van der Waals surface area contributed by atoms with Crippen molar-refractivity contribution in [2.45, 2.75) is 40.0 Å². The Kier molecular flexibility index (Phi) is 5.11. The van der Waals surface area contributed by atoms with Gasteiger partial charge in [0.1, 0.15) is 0 Å². The van der Waals surface area contributed by atoms with Crippen molar-refractivity contribution in [1.82, 2.24) is 15.2 Å². The summed E-state index contributed by atoms with van der Waals surface area (Å²) >= 11 is 0. The molecule has 1 atom stereocenters. The number of amides is 2. The molecule has 134 valence electrons. The Hall–Kier alpha value is -2.30. The van der Waals surface area contributed by atoms with Gasteiger partial charge in [0, 0.05) is 30.7 Å². The number of H-pyrrole nitrogens is 1. The van der Waals surface area contributed by atoms with Crippen LogP contribution in [-0.2, 0) is 4.79 Å². The Morgan fingerprint density at radius 1 is 1.32 bits per heavy atom. The molecule has 1 aliphatic heterocycles. The number of fused-ring (bicyclic) bond motifs is 1. The topological polar surface area (TPSA) is 65.2 Å². The zero-order valence-electron chi connectivity index (χ0n) is 15.3. The van der Waals surface area contributed by atoms with Gasteiger partial charge < -0.3 is 15.2 Å². The van der Waals surface area contributed by atoms with Crippen LogP contribution in [0.3, 0.4) is 0 Å². The maximum atomic E-state index is 13.1. The Balaban J connectivity index is 1.81. The number of aryl methyl sites for hydroxylation is 2. The molecule has 5 heteroatoms. The van der Waals surface area contributed by atoms with E-state index in [4.69, 9.17) is 0 Å². The Bertz CT molecular complexity index is 794. The van der Waals surface area contributed by atoms with Gasteiger partial charge in [0.2, 0.25) is 5.91 Å². The molecule has 1 aliphatic rings. The third-order valence-electron chi connectivity index (χ3n) is 5.20. The minimum Gasteiger partial charge on any atom is -0.358 e. The van der Waals surface area contributed by atoms with Gasteiger partial charge in [-0.3, -0.25) is 9.59 Å². The standard InChI is InChI=1S/C20H27N3O2/c1-4-10-21-19(24)15-7-6-11-23(12-15)20(25)17-9-5-8-16-13(2)14(3)22-18(16)17/h5,8-9,15,22H,4,6-7,10-12H2,1-3H3,(H,21,24)/t15-/m0/s1. The van der Waals surface area contributed by atoms with Crippen LogP contribution in [-0.4, -0.2) is 41.3 Å². The fraction of sp³-hybridized carbons (Fsp3) is 0.500. The highest BCUT2D eigenvalue weighted by Crippen LogP contribution is 2.26. The summed E-state index contributed by atoms with van der Waals surface area (Å²) in [6.45, 7) is 8.05. The summed E-state index contributed by atoms with van der Waals surface area (Å²) in [5, 5.41) is 4.05. The molecule has 2 heterocycles. The van der Waals surface area contributed by atoms with Gasteiger partial charge >= 0.3 is 0 Å². The van der Waals surface area contributed by atoms with Crippen molar-refractivity contribution < 1.29 is 9.59 Å². The second-order valence-corrected chi connectivity index (χ2v) is 6.98. The molecule has 2 amide bonds. The monoisotopic (exact) mass is 341 g/mol. The molecular weight excluding hydrogens is 314 g/mol. The molecule has 5 nitrogen and oxygen atoms in total. The molecule has 1 saturated heterocycles. The molecule has 1 aromatic carbocycles. The first kappa shape index (κ1) is 17.5. The number of piperidine rings is 1. The van der Waals surface area contributed by atoms with E-state index in [2.05, 4.69) is 17.2 Å². The zero-order valence-corrected chi connectivity index (χ0v) is 15.3. The van der Waals surface area contributed by atoms with Gasteiger partial charge in [0.15, 0.2) is 0 Å². The van der Waals surface area contributed by atoms with E-state index >= 15 is 0 Å². The molecular formula is C20H27N3O2. The van der Waals surface area contributed by atoms with E-state index in [0.717, 1.165) is 35.9 Å². The molecule has 3 rings (SSSR count). The summed E-state index contributed by atoms with van der Waals surface area (Å²) in [6.07, 6.45) is 2.65. The van der Waals surface area contributed by atoms with Crippen molar-refractivity contribution in [3.05, 3.63) is 35.0 Å². The highest BCUT2D eigenvalue weighted by Gasteiger charge is 2.29. The number of carbonyl (C=O) groups excluding carboxylic acids is 2. The van der Waals surface area contributed by atoms with Crippen molar-refractivity contribution in [1.29, 1.82) is 0 Å². The van der Waals surface area contributed by atoms with Crippen molar-refractivity contribution in [3.8, 4) is 0 Å². The van der Waals surface area contributed by atoms with Crippen molar-refractivity contribution >= 4 is 22.7 Å². The van der Waals surface area contributed by atoms with Gasteiger partial charge in [0.05, 0.1) is 17.0 Å². The molecule has 1 aromatic heterocycles. The molecule has 25 heavy (non-hydrogen) atoms. The van der Waals surface area contributed by atoms with E-state index < -0.39 is 0 Å². The van der Waals surface area contributed by atoms with E-state index in [0.29, 0.717) is 25.2 Å². The quantitative estimate of drug-likeness (QED) is 0.897. The molecule has 0 bridgehead atoms. The summed E-state index contributed by atoms with van der Waals surface area (Å²) < 4.78 is 0. The smallest absolute Gasteiger partial charge is 0.256 e. The molecule has 2 N–H and O–H groups in total. The lowest BCUT2D eigenvalue weighted by molar-refractivity contribution is -0.126. The first-order valence-corrected chi connectivity index (χ1v) is 9.17. The molecule has 0 aliphatic carbocycles. The fourth-order valence-electron chi connectivity index (χ4n) is 3.60. The number of likely N-dealkylation sites (tertiary alicyclic amines) is 1. The number of aromatic amines is 1. The van der Waals surface area contributed by atoms with Crippen LogP contribution in [0.15, 0.2) is 18.2 Å². The second kappa shape index (κ2) is 7.30. The lowest BCUT2D eigenvalue weighted by Crippen LogP contribution is -2.45. The average molecular weight is 341 g/mol. The van der Waals surface area contributed by atoms with Crippen LogP contribution >= 0.6 is 0 Å². The van der Waals surface area contributed by atoms with Crippen molar-refractivity contribution in [2.75, 3.05) is 19.6 Å². The summed E-state index contributed by atoms with van der Waals surface area (Å²) in [6, 6.07) is 5.86. The lowest BCUT2D eigenvalue weighted by Gasteiger charge is -2.32. The highest BCUT2D eigenvalue weighted by atomic mass is 16.2. The van der Waals surface area contributed by atoms with Crippen molar-refractivity contribution in [2.24, 2.45) is 5.92 Å². The normalized spacial score (nSPS) is 17.7. The van der Waals surface area contributed by atoms with Crippen LogP contribution in [0.4, 0.5) is 0 Å². The number of nitrogens with one attached hydrogen (secondary N) is 2.